The Morgan fingerprint density at radius 3 is 2.73 bits per heavy atom. The molecule has 0 bridgehead atoms. The molecule has 2 aromatic heterocycles. The smallest absolute Gasteiger partial charge is 0.276 e. The number of pyridine rings is 1. The number of fused-ring (bicyclic) bond motifs is 2. The van der Waals surface area contributed by atoms with E-state index in [4.69, 9.17) is 4.74 Å². The third-order valence-electron chi connectivity index (χ3n) is 5.78. The van der Waals surface area contributed by atoms with Crippen molar-refractivity contribution in [1.29, 1.82) is 0 Å². The van der Waals surface area contributed by atoms with Crippen LogP contribution in [0.4, 0.5) is 11.5 Å². The average Bonchev–Trinajstić information content (AvgIpc) is 3.50. The van der Waals surface area contributed by atoms with Crippen molar-refractivity contribution < 1.29 is 14.3 Å². The molecule has 1 saturated heterocycles. The van der Waals surface area contributed by atoms with Crippen molar-refractivity contribution >= 4 is 23.3 Å². The van der Waals surface area contributed by atoms with Gasteiger partial charge in [-0.25, -0.2) is 9.97 Å². The predicted molar refractivity (Wildman–Crippen MR) is 107 cm³/mol. The summed E-state index contributed by atoms with van der Waals surface area (Å²) in [6.45, 7) is 2.73. The molecule has 156 valence electrons. The molecule has 2 aromatic rings. The van der Waals surface area contributed by atoms with Gasteiger partial charge in [-0.05, 0) is 31.4 Å². The first-order chi connectivity index (χ1) is 14.5. The number of nitrogens with one attached hydrogen (secondary N) is 3. The lowest BCUT2D eigenvalue weighted by Crippen LogP contribution is -2.51. The number of hydrogen-bond acceptors (Lipinski definition) is 7. The molecular weight excluding hydrogens is 388 g/mol. The summed E-state index contributed by atoms with van der Waals surface area (Å²) in [5.74, 6) is -0.179. The van der Waals surface area contributed by atoms with E-state index in [-0.39, 0.29) is 34.8 Å². The summed E-state index contributed by atoms with van der Waals surface area (Å²) in [7, 11) is 0. The molecule has 10 heteroatoms. The van der Waals surface area contributed by atoms with E-state index in [1.54, 1.807) is 17.6 Å². The van der Waals surface area contributed by atoms with Gasteiger partial charge in [-0.1, -0.05) is 0 Å². The van der Waals surface area contributed by atoms with Crippen LogP contribution in [0.3, 0.4) is 0 Å². The van der Waals surface area contributed by atoms with Gasteiger partial charge in [0.1, 0.15) is 34.9 Å². The summed E-state index contributed by atoms with van der Waals surface area (Å²) < 4.78 is 6.99. The Labute approximate surface area is 172 Å². The fraction of sp³-hybridized carbons (Fsp3) is 0.450. The Morgan fingerprint density at radius 1 is 1.23 bits per heavy atom. The van der Waals surface area contributed by atoms with Crippen molar-refractivity contribution in [1.82, 2.24) is 25.2 Å². The normalized spacial score (nSPS) is 19.3. The molecule has 0 atom stereocenters. The summed E-state index contributed by atoms with van der Waals surface area (Å²) in [4.78, 5) is 46.4. The van der Waals surface area contributed by atoms with Crippen LogP contribution >= 0.6 is 0 Å². The number of nitrogens with zero attached hydrogens (tertiary/aromatic N) is 3. The van der Waals surface area contributed by atoms with Gasteiger partial charge >= 0.3 is 0 Å². The molecule has 2 amide bonds. The quantitative estimate of drug-likeness (QED) is 0.680. The number of hydrogen-bond donors (Lipinski definition) is 3. The molecular formula is C20H22N6O4. The van der Waals surface area contributed by atoms with Crippen molar-refractivity contribution in [3.05, 3.63) is 45.8 Å². The van der Waals surface area contributed by atoms with Crippen LogP contribution in [0.5, 0.6) is 0 Å². The summed E-state index contributed by atoms with van der Waals surface area (Å²) in [6, 6.07) is 3.37. The fourth-order valence-corrected chi connectivity index (χ4v) is 4.08. The number of aromatic nitrogens is 3. The van der Waals surface area contributed by atoms with Gasteiger partial charge in [0.15, 0.2) is 0 Å². The van der Waals surface area contributed by atoms with Gasteiger partial charge in [-0.3, -0.25) is 19.0 Å². The minimum absolute atomic E-state index is 0.216. The Hall–Kier alpha value is -3.27. The van der Waals surface area contributed by atoms with E-state index >= 15 is 0 Å². The molecule has 4 heterocycles. The third-order valence-corrected chi connectivity index (χ3v) is 5.78. The first-order valence-corrected chi connectivity index (χ1v) is 10.0. The molecule has 3 aliphatic rings. The Bertz CT molecular complexity index is 1100. The summed E-state index contributed by atoms with van der Waals surface area (Å²) in [5, 5.41) is 8.88. The van der Waals surface area contributed by atoms with Crippen LogP contribution in [0.2, 0.25) is 0 Å². The molecule has 10 nitrogen and oxygen atoms in total. The van der Waals surface area contributed by atoms with Gasteiger partial charge < -0.3 is 20.7 Å². The number of amides is 2. The second kappa shape index (κ2) is 6.91. The van der Waals surface area contributed by atoms with Crippen molar-refractivity contribution in [2.24, 2.45) is 0 Å². The standard InChI is InChI=1S/C20H22N6O4/c1-11-8-14(24-15-9-13(21-10-22-15)17(27)23-12-2-3-12)19(29)26-16(11)18(28)25-20(26)4-6-30-7-5-20/h8-10,12H,2-7H2,1H3,(H,23,27)(H,25,28)(H,21,22,24). The largest absolute Gasteiger partial charge is 0.381 e. The zero-order valence-electron chi connectivity index (χ0n) is 16.5. The van der Waals surface area contributed by atoms with Gasteiger partial charge in [0, 0.05) is 24.9 Å². The molecule has 1 saturated carbocycles. The summed E-state index contributed by atoms with van der Waals surface area (Å²) in [5.41, 5.74) is 0.475. The highest BCUT2D eigenvalue weighted by Gasteiger charge is 2.45. The highest BCUT2D eigenvalue weighted by molar-refractivity contribution is 5.97. The Kier molecular flexibility index (Phi) is 4.31. The van der Waals surface area contributed by atoms with E-state index in [1.165, 1.54) is 12.4 Å². The molecule has 1 aliphatic carbocycles. The van der Waals surface area contributed by atoms with Crippen LogP contribution in [0.25, 0.3) is 0 Å². The monoisotopic (exact) mass is 410 g/mol. The third kappa shape index (κ3) is 3.13. The number of carbonyl (C=O) groups is 2. The lowest BCUT2D eigenvalue weighted by Gasteiger charge is -2.35. The van der Waals surface area contributed by atoms with Crippen molar-refractivity contribution in [3.8, 4) is 0 Å². The molecule has 0 radical (unpaired) electrons. The van der Waals surface area contributed by atoms with E-state index in [0.717, 1.165) is 12.8 Å². The molecule has 1 spiro atoms. The van der Waals surface area contributed by atoms with Gasteiger partial charge in [0.2, 0.25) is 0 Å². The molecule has 2 fully saturated rings. The summed E-state index contributed by atoms with van der Waals surface area (Å²) >= 11 is 0. The lowest BCUT2D eigenvalue weighted by atomic mass is 10.0. The Balaban J connectivity index is 1.50. The fourth-order valence-electron chi connectivity index (χ4n) is 4.08. The number of aryl methyl sites for hydroxylation is 1. The molecule has 5 rings (SSSR count). The second-order valence-corrected chi connectivity index (χ2v) is 7.99. The van der Waals surface area contributed by atoms with Crippen molar-refractivity contribution in [3.63, 3.8) is 0 Å². The highest BCUT2D eigenvalue weighted by atomic mass is 16.5. The van der Waals surface area contributed by atoms with Crippen LogP contribution < -0.4 is 21.5 Å². The average molecular weight is 410 g/mol. The van der Waals surface area contributed by atoms with Gasteiger partial charge in [0.05, 0.1) is 13.2 Å². The number of anilines is 2. The second-order valence-electron chi connectivity index (χ2n) is 7.99. The van der Waals surface area contributed by atoms with Gasteiger partial charge in [-0.2, -0.15) is 0 Å². The maximum Gasteiger partial charge on any atom is 0.276 e. The lowest BCUT2D eigenvalue weighted by molar-refractivity contribution is 0.0120. The Morgan fingerprint density at radius 2 is 2.00 bits per heavy atom. The van der Waals surface area contributed by atoms with E-state index in [0.29, 0.717) is 43.1 Å². The van der Waals surface area contributed by atoms with Crippen LogP contribution in [0.15, 0.2) is 23.3 Å². The number of carbonyl (C=O) groups excluding carboxylic acids is 2. The topological polar surface area (TPSA) is 127 Å². The van der Waals surface area contributed by atoms with Gasteiger partial charge in [0.25, 0.3) is 17.4 Å². The molecule has 0 aromatic carbocycles. The van der Waals surface area contributed by atoms with Gasteiger partial charge in [-0.15, -0.1) is 0 Å². The van der Waals surface area contributed by atoms with Crippen LogP contribution in [-0.2, 0) is 10.4 Å². The van der Waals surface area contributed by atoms with Crippen LogP contribution in [-0.4, -0.2) is 45.6 Å². The SMILES string of the molecule is Cc1cc(Nc2cc(C(=O)NC3CC3)ncn2)c(=O)n2c1C(=O)NC21CCOCC1. The van der Waals surface area contributed by atoms with Crippen molar-refractivity contribution in [2.45, 2.75) is 44.3 Å². The molecule has 2 aliphatic heterocycles. The zero-order chi connectivity index (χ0) is 20.9. The first-order valence-electron chi connectivity index (χ1n) is 10.0. The molecule has 0 unspecified atom stereocenters. The van der Waals surface area contributed by atoms with E-state index in [2.05, 4.69) is 25.9 Å². The van der Waals surface area contributed by atoms with E-state index in [9.17, 15) is 14.4 Å². The number of rotatable bonds is 4. The minimum atomic E-state index is -0.773. The minimum Gasteiger partial charge on any atom is -0.381 e. The molecule has 30 heavy (non-hydrogen) atoms. The van der Waals surface area contributed by atoms with Crippen molar-refractivity contribution in [2.75, 3.05) is 18.5 Å². The van der Waals surface area contributed by atoms with Crippen LogP contribution in [0.1, 0.15) is 52.2 Å². The van der Waals surface area contributed by atoms with E-state index in [1.807, 2.05) is 0 Å². The maximum absolute atomic E-state index is 13.4. The first kappa shape index (κ1) is 18.7. The number of ether oxygens (including phenoxy) is 1. The van der Waals surface area contributed by atoms with E-state index < -0.39 is 5.66 Å². The predicted octanol–water partition coefficient (Wildman–Crippen LogP) is 0.789. The van der Waals surface area contributed by atoms with Crippen LogP contribution in [0, 0.1) is 6.92 Å². The highest BCUT2D eigenvalue weighted by Crippen LogP contribution is 2.33. The zero-order valence-corrected chi connectivity index (χ0v) is 16.5. The maximum atomic E-state index is 13.4. The molecule has 3 N–H and O–H groups in total. The summed E-state index contributed by atoms with van der Waals surface area (Å²) in [6.07, 6.45) is 4.29.